The van der Waals surface area contributed by atoms with Gasteiger partial charge in [0.25, 0.3) is 0 Å². The summed E-state index contributed by atoms with van der Waals surface area (Å²) in [5, 5.41) is 19.8. The largest absolute Gasteiger partial charge is 0.481 e. The monoisotopic (exact) mass is 398 g/mol. The zero-order valence-electron chi connectivity index (χ0n) is 14.5. The van der Waals surface area contributed by atoms with E-state index in [0.717, 1.165) is 24.8 Å². The fraction of sp³-hybridized carbons (Fsp3) is 0.500. The van der Waals surface area contributed by atoms with Crippen LogP contribution in [0.2, 0.25) is 10.0 Å². The fourth-order valence-electron chi connectivity index (χ4n) is 3.45. The average molecular weight is 399 g/mol. The maximum Gasteiger partial charge on any atom is 0.303 e. The zero-order chi connectivity index (χ0) is 19.1. The number of aliphatic hydroxyl groups is 1. The van der Waals surface area contributed by atoms with E-state index in [4.69, 9.17) is 28.3 Å². The van der Waals surface area contributed by atoms with Gasteiger partial charge in [0.1, 0.15) is 5.78 Å². The van der Waals surface area contributed by atoms with Crippen LogP contribution in [0.4, 0.5) is 0 Å². The number of aliphatic carboxylic acids is 1. The van der Waals surface area contributed by atoms with E-state index in [1.165, 1.54) is 0 Å². The summed E-state index contributed by atoms with van der Waals surface area (Å²) in [4.78, 5) is 22.7. The van der Waals surface area contributed by atoms with Crippen LogP contribution in [-0.2, 0) is 9.59 Å². The second kappa shape index (κ2) is 10.1. The van der Waals surface area contributed by atoms with Crippen molar-refractivity contribution in [1.29, 1.82) is 0 Å². The van der Waals surface area contributed by atoms with Gasteiger partial charge in [0.15, 0.2) is 0 Å². The number of benzene rings is 1. The van der Waals surface area contributed by atoms with Gasteiger partial charge in [0, 0.05) is 24.7 Å². The number of carboxylic acids is 1. The van der Waals surface area contributed by atoms with Crippen LogP contribution in [0, 0.1) is 11.8 Å². The number of unbranched alkanes of at least 4 members (excludes halogenated alkanes) is 3. The minimum Gasteiger partial charge on any atom is -0.481 e. The Balaban J connectivity index is 1.92. The van der Waals surface area contributed by atoms with Crippen molar-refractivity contribution in [3.63, 3.8) is 0 Å². The van der Waals surface area contributed by atoms with E-state index in [9.17, 15) is 14.7 Å². The first-order valence-corrected chi connectivity index (χ1v) is 9.70. The molecule has 0 amide bonds. The van der Waals surface area contributed by atoms with Crippen molar-refractivity contribution >= 4 is 41.0 Å². The zero-order valence-corrected chi connectivity index (χ0v) is 16.0. The molecule has 1 aromatic rings. The van der Waals surface area contributed by atoms with Gasteiger partial charge >= 0.3 is 5.97 Å². The highest BCUT2D eigenvalue weighted by Crippen LogP contribution is 2.35. The molecule has 4 nitrogen and oxygen atoms in total. The number of ketones is 1. The van der Waals surface area contributed by atoms with Crippen LogP contribution < -0.4 is 0 Å². The molecule has 26 heavy (non-hydrogen) atoms. The van der Waals surface area contributed by atoms with Gasteiger partial charge < -0.3 is 10.2 Å². The Morgan fingerprint density at radius 3 is 2.65 bits per heavy atom. The van der Waals surface area contributed by atoms with Gasteiger partial charge in [0.05, 0.1) is 16.1 Å². The van der Waals surface area contributed by atoms with Crippen LogP contribution in [-0.4, -0.2) is 28.1 Å². The van der Waals surface area contributed by atoms with Crippen LogP contribution in [0.1, 0.15) is 50.5 Å². The third-order valence-electron chi connectivity index (χ3n) is 4.87. The molecule has 0 heterocycles. The van der Waals surface area contributed by atoms with E-state index in [1.54, 1.807) is 12.1 Å². The summed E-state index contributed by atoms with van der Waals surface area (Å²) < 4.78 is 0. The van der Waals surface area contributed by atoms with E-state index < -0.39 is 12.1 Å². The standard InChI is InChI=1S/C20H24Cl2O4/c21-16-8-5-6-13(20(16)22)10-11-15-14(17(23)12-18(15)24)7-3-1-2-4-9-19(25)26/h5-6,8,10-11,14-15,18,24H,1-4,7,9,12H2,(H,25,26)/b11-10+. The van der Waals surface area contributed by atoms with Crippen LogP contribution in [0.15, 0.2) is 24.3 Å². The molecule has 3 unspecified atom stereocenters. The number of rotatable bonds is 9. The summed E-state index contributed by atoms with van der Waals surface area (Å²) >= 11 is 12.2. The maximum absolute atomic E-state index is 12.2. The number of aliphatic hydroxyl groups excluding tert-OH is 1. The molecule has 0 spiro atoms. The van der Waals surface area contributed by atoms with Crippen LogP contribution in [0.25, 0.3) is 6.08 Å². The first kappa shape index (κ1) is 20.9. The maximum atomic E-state index is 12.2. The predicted octanol–water partition coefficient (Wildman–Crippen LogP) is 5.00. The van der Waals surface area contributed by atoms with Crippen molar-refractivity contribution in [2.75, 3.05) is 0 Å². The minimum atomic E-state index is -0.774. The molecule has 0 aliphatic heterocycles. The second-order valence-corrected chi connectivity index (χ2v) is 7.56. The highest BCUT2D eigenvalue weighted by Gasteiger charge is 2.39. The Labute approximate surface area is 163 Å². The first-order valence-electron chi connectivity index (χ1n) is 8.95. The first-order chi connectivity index (χ1) is 12.4. The molecule has 0 saturated heterocycles. The summed E-state index contributed by atoms with van der Waals surface area (Å²) in [7, 11) is 0. The van der Waals surface area contributed by atoms with Crippen LogP contribution >= 0.6 is 23.2 Å². The molecule has 6 heteroatoms. The Morgan fingerprint density at radius 2 is 1.92 bits per heavy atom. The van der Waals surface area contributed by atoms with E-state index in [2.05, 4.69) is 0 Å². The summed E-state index contributed by atoms with van der Waals surface area (Å²) in [6.07, 6.45) is 7.34. The number of hydrogen-bond acceptors (Lipinski definition) is 3. The summed E-state index contributed by atoms with van der Waals surface area (Å²) in [5.41, 5.74) is 0.762. The van der Waals surface area contributed by atoms with Crippen LogP contribution in [0.5, 0.6) is 0 Å². The third-order valence-corrected chi connectivity index (χ3v) is 5.70. The topological polar surface area (TPSA) is 74.6 Å². The minimum absolute atomic E-state index is 0.0925. The fourth-order valence-corrected chi connectivity index (χ4v) is 3.82. The number of carboxylic acid groups (broad SMARTS) is 1. The Bertz CT molecular complexity index is 672. The molecule has 1 aliphatic rings. The average Bonchev–Trinajstić information content (AvgIpc) is 2.85. The lowest BCUT2D eigenvalue weighted by Gasteiger charge is -2.17. The lowest BCUT2D eigenvalue weighted by atomic mass is 9.88. The van der Waals surface area contributed by atoms with Gasteiger partial charge in [-0.15, -0.1) is 0 Å². The predicted molar refractivity (Wildman–Crippen MR) is 103 cm³/mol. The quantitative estimate of drug-likeness (QED) is 0.573. The van der Waals surface area contributed by atoms with Crippen molar-refractivity contribution in [1.82, 2.24) is 0 Å². The molecule has 1 aromatic carbocycles. The third kappa shape index (κ3) is 5.83. The summed E-state index contributed by atoms with van der Waals surface area (Å²) in [6.45, 7) is 0. The smallest absolute Gasteiger partial charge is 0.303 e. The van der Waals surface area contributed by atoms with Gasteiger partial charge in [-0.05, 0) is 24.5 Å². The Kier molecular flexibility index (Phi) is 8.14. The summed E-state index contributed by atoms with van der Waals surface area (Å²) in [5.74, 6) is -1.10. The van der Waals surface area contributed by atoms with Crippen molar-refractivity contribution in [2.45, 2.75) is 51.0 Å². The molecule has 2 rings (SSSR count). The molecule has 0 aromatic heterocycles. The molecule has 2 N–H and O–H groups in total. The molecule has 0 radical (unpaired) electrons. The molecular formula is C20H24Cl2O4. The van der Waals surface area contributed by atoms with Crippen molar-refractivity contribution in [3.05, 3.63) is 39.9 Å². The number of carbonyl (C=O) groups is 2. The normalized spacial score (nSPS) is 23.0. The Morgan fingerprint density at radius 1 is 1.19 bits per heavy atom. The Hall–Kier alpha value is -1.36. The van der Waals surface area contributed by atoms with E-state index in [1.807, 2.05) is 18.2 Å². The SMILES string of the molecule is O=C(O)CCCCCCC1C(=O)CC(O)C1/C=C/c1cccc(Cl)c1Cl. The number of hydrogen-bond donors (Lipinski definition) is 2. The second-order valence-electron chi connectivity index (χ2n) is 6.77. The van der Waals surface area contributed by atoms with Gasteiger partial charge in [-0.1, -0.05) is 66.7 Å². The highest BCUT2D eigenvalue weighted by atomic mass is 35.5. The summed E-state index contributed by atoms with van der Waals surface area (Å²) in [6, 6.07) is 5.35. The van der Waals surface area contributed by atoms with Crippen molar-refractivity contribution < 1.29 is 19.8 Å². The molecule has 1 fully saturated rings. The van der Waals surface area contributed by atoms with E-state index >= 15 is 0 Å². The van der Waals surface area contributed by atoms with Gasteiger partial charge in [0.2, 0.25) is 0 Å². The molecule has 142 valence electrons. The molecule has 1 aliphatic carbocycles. The van der Waals surface area contributed by atoms with E-state index in [-0.39, 0.29) is 30.5 Å². The molecule has 1 saturated carbocycles. The molecule has 3 atom stereocenters. The molecule has 0 bridgehead atoms. The van der Waals surface area contributed by atoms with Gasteiger partial charge in [-0.2, -0.15) is 0 Å². The number of carbonyl (C=O) groups excluding carboxylic acids is 1. The number of Topliss-reactive ketones (excluding diaryl/α,β-unsaturated/α-hetero) is 1. The van der Waals surface area contributed by atoms with Crippen molar-refractivity contribution in [3.8, 4) is 0 Å². The van der Waals surface area contributed by atoms with Crippen LogP contribution in [0.3, 0.4) is 0 Å². The van der Waals surface area contributed by atoms with Gasteiger partial charge in [-0.25, -0.2) is 0 Å². The lowest BCUT2D eigenvalue weighted by molar-refractivity contribution is -0.137. The molecular weight excluding hydrogens is 375 g/mol. The highest BCUT2D eigenvalue weighted by molar-refractivity contribution is 6.42. The van der Waals surface area contributed by atoms with Crippen molar-refractivity contribution in [2.24, 2.45) is 11.8 Å². The lowest BCUT2D eigenvalue weighted by Crippen LogP contribution is -2.18. The van der Waals surface area contributed by atoms with E-state index in [0.29, 0.717) is 22.9 Å². The van der Waals surface area contributed by atoms with Gasteiger partial charge in [-0.3, -0.25) is 9.59 Å². The number of halogens is 2.